The van der Waals surface area contributed by atoms with Gasteiger partial charge < -0.3 is 9.47 Å². The molecule has 0 saturated heterocycles. The average molecular weight is 276 g/mol. The summed E-state index contributed by atoms with van der Waals surface area (Å²) in [7, 11) is 2.31. The highest BCUT2D eigenvalue weighted by Crippen LogP contribution is 2.10. The van der Waals surface area contributed by atoms with Crippen molar-refractivity contribution in [2.24, 2.45) is 5.92 Å². The van der Waals surface area contributed by atoms with E-state index in [1.807, 2.05) is 30.3 Å². The summed E-state index contributed by atoms with van der Waals surface area (Å²) < 4.78 is 8.97. The van der Waals surface area contributed by atoms with Crippen LogP contribution in [0.25, 0.3) is 6.08 Å². The highest BCUT2D eigenvalue weighted by atomic mass is 16.5. The molecular formula is C15H16O5. The Morgan fingerprint density at radius 3 is 2.10 bits per heavy atom. The van der Waals surface area contributed by atoms with E-state index < -0.39 is 17.9 Å². The monoisotopic (exact) mass is 276 g/mol. The summed E-state index contributed by atoms with van der Waals surface area (Å²) in [6.45, 7) is 0. The molecule has 20 heavy (non-hydrogen) atoms. The van der Waals surface area contributed by atoms with Crippen LogP contribution < -0.4 is 0 Å². The maximum Gasteiger partial charge on any atom is 0.320 e. The number of allylic oxidation sites excluding steroid dienone is 1. The smallest absolute Gasteiger partial charge is 0.320 e. The van der Waals surface area contributed by atoms with Crippen LogP contribution in [0.2, 0.25) is 0 Å². The Bertz CT molecular complexity index is 488. The summed E-state index contributed by atoms with van der Waals surface area (Å²) in [6.07, 6.45) is 2.67. The van der Waals surface area contributed by atoms with E-state index in [1.165, 1.54) is 6.08 Å². The molecule has 0 bridgehead atoms. The molecule has 0 aliphatic rings. The minimum atomic E-state index is -1.22. The zero-order valence-corrected chi connectivity index (χ0v) is 11.4. The molecule has 1 aromatic rings. The highest BCUT2D eigenvalue weighted by Gasteiger charge is 2.30. The molecule has 0 heterocycles. The lowest BCUT2D eigenvalue weighted by atomic mass is 10.0. The molecule has 1 rings (SSSR count). The van der Waals surface area contributed by atoms with Crippen LogP contribution in [0.5, 0.6) is 0 Å². The fourth-order valence-electron chi connectivity index (χ4n) is 1.57. The van der Waals surface area contributed by atoms with Gasteiger partial charge in [-0.3, -0.25) is 14.4 Å². The summed E-state index contributed by atoms with van der Waals surface area (Å²) in [5.74, 6) is -3.14. The number of ketones is 1. The van der Waals surface area contributed by atoms with Crippen LogP contribution in [0.3, 0.4) is 0 Å². The minimum Gasteiger partial charge on any atom is -0.468 e. The number of carbonyl (C=O) groups excluding carboxylic acids is 3. The van der Waals surface area contributed by atoms with Crippen molar-refractivity contribution in [3.05, 3.63) is 42.0 Å². The van der Waals surface area contributed by atoms with E-state index in [0.29, 0.717) is 0 Å². The predicted octanol–water partition coefficient (Wildman–Crippen LogP) is 1.62. The second-order valence-corrected chi connectivity index (χ2v) is 4.01. The van der Waals surface area contributed by atoms with Crippen molar-refractivity contribution in [2.45, 2.75) is 6.42 Å². The molecule has 5 heteroatoms. The fraction of sp³-hybridized carbons (Fsp3) is 0.267. The molecule has 0 saturated carbocycles. The average Bonchev–Trinajstić information content (AvgIpc) is 2.50. The van der Waals surface area contributed by atoms with Crippen LogP contribution in [-0.4, -0.2) is 31.9 Å². The van der Waals surface area contributed by atoms with Crippen molar-refractivity contribution in [1.82, 2.24) is 0 Å². The molecule has 0 radical (unpaired) electrons. The second-order valence-electron chi connectivity index (χ2n) is 4.01. The Morgan fingerprint density at radius 1 is 1.05 bits per heavy atom. The number of ether oxygens (including phenoxy) is 2. The molecule has 1 aromatic carbocycles. The molecule has 0 aromatic heterocycles. The number of rotatable bonds is 6. The number of hydrogen-bond donors (Lipinski definition) is 0. The predicted molar refractivity (Wildman–Crippen MR) is 72.6 cm³/mol. The maximum atomic E-state index is 11.8. The molecule has 0 N–H and O–H groups in total. The van der Waals surface area contributed by atoms with Crippen molar-refractivity contribution in [1.29, 1.82) is 0 Å². The van der Waals surface area contributed by atoms with Crippen molar-refractivity contribution in [2.75, 3.05) is 14.2 Å². The largest absolute Gasteiger partial charge is 0.468 e. The Balaban J connectivity index is 2.69. The normalized spacial score (nSPS) is 10.6. The third-order valence-electron chi connectivity index (χ3n) is 2.64. The molecule has 5 nitrogen and oxygen atoms in total. The van der Waals surface area contributed by atoms with E-state index in [9.17, 15) is 14.4 Å². The summed E-state index contributed by atoms with van der Waals surface area (Å²) in [5.41, 5.74) is 0.855. The fourth-order valence-corrected chi connectivity index (χ4v) is 1.57. The topological polar surface area (TPSA) is 69.7 Å². The summed E-state index contributed by atoms with van der Waals surface area (Å²) in [5, 5.41) is 0. The van der Waals surface area contributed by atoms with Crippen LogP contribution in [0.4, 0.5) is 0 Å². The van der Waals surface area contributed by atoms with E-state index >= 15 is 0 Å². The highest BCUT2D eigenvalue weighted by molar-refractivity contribution is 6.02. The SMILES string of the molecule is COC(=O)C(CC(=O)/C=C/c1ccccc1)C(=O)OC. The summed E-state index contributed by atoms with van der Waals surface area (Å²) in [4.78, 5) is 34.6. The molecule has 0 amide bonds. The van der Waals surface area contributed by atoms with Gasteiger partial charge in [0.15, 0.2) is 11.7 Å². The van der Waals surface area contributed by atoms with E-state index in [2.05, 4.69) is 9.47 Å². The van der Waals surface area contributed by atoms with Crippen LogP contribution >= 0.6 is 0 Å². The van der Waals surface area contributed by atoms with Gasteiger partial charge in [-0.2, -0.15) is 0 Å². The Hall–Kier alpha value is -2.43. The molecule has 0 fully saturated rings. The third-order valence-corrected chi connectivity index (χ3v) is 2.64. The van der Waals surface area contributed by atoms with Crippen molar-refractivity contribution in [3.63, 3.8) is 0 Å². The molecule has 0 unspecified atom stereocenters. The van der Waals surface area contributed by atoms with Crippen LogP contribution in [0.1, 0.15) is 12.0 Å². The quantitative estimate of drug-likeness (QED) is 0.448. The molecular weight excluding hydrogens is 260 g/mol. The first-order valence-corrected chi connectivity index (χ1v) is 6.00. The van der Waals surface area contributed by atoms with Gasteiger partial charge in [-0.15, -0.1) is 0 Å². The number of esters is 2. The zero-order valence-electron chi connectivity index (χ0n) is 11.4. The second kappa shape index (κ2) is 7.89. The van der Waals surface area contributed by atoms with Gasteiger partial charge in [0, 0.05) is 6.42 Å². The maximum absolute atomic E-state index is 11.8. The van der Waals surface area contributed by atoms with Gasteiger partial charge in [0.25, 0.3) is 0 Å². The number of benzene rings is 1. The summed E-state index contributed by atoms with van der Waals surface area (Å²) in [6, 6.07) is 9.22. The van der Waals surface area contributed by atoms with Crippen molar-refractivity contribution < 1.29 is 23.9 Å². The Labute approximate surface area is 117 Å². The number of carbonyl (C=O) groups is 3. The van der Waals surface area contributed by atoms with Gasteiger partial charge in [0.1, 0.15) is 0 Å². The molecule has 0 aliphatic heterocycles. The Morgan fingerprint density at radius 2 is 1.60 bits per heavy atom. The number of hydrogen-bond acceptors (Lipinski definition) is 5. The molecule has 0 aliphatic carbocycles. The van der Waals surface area contributed by atoms with Crippen molar-refractivity contribution >= 4 is 23.8 Å². The van der Waals surface area contributed by atoms with Gasteiger partial charge in [0.2, 0.25) is 0 Å². The van der Waals surface area contributed by atoms with Gasteiger partial charge in [-0.05, 0) is 11.6 Å². The first-order chi connectivity index (χ1) is 9.58. The third kappa shape index (κ3) is 4.68. The van der Waals surface area contributed by atoms with E-state index in [0.717, 1.165) is 19.8 Å². The van der Waals surface area contributed by atoms with Gasteiger partial charge >= 0.3 is 11.9 Å². The first-order valence-electron chi connectivity index (χ1n) is 6.00. The lowest BCUT2D eigenvalue weighted by molar-refractivity contribution is -0.160. The van der Waals surface area contributed by atoms with Gasteiger partial charge in [-0.1, -0.05) is 36.4 Å². The van der Waals surface area contributed by atoms with Gasteiger partial charge in [-0.25, -0.2) is 0 Å². The van der Waals surface area contributed by atoms with E-state index in [1.54, 1.807) is 6.08 Å². The van der Waals surface area contributed by atoms with Crippen molar-refractivity contribution in [3.8, 4) is 0 Å². The molecule has 0 spiro atoms. The first kappa shape index (κ1) is 15.6. The van der Waals surface area contributed by atoms with Crippen LogP contribution in [0.15, 0.2) is 36.4 Å². The Kier molecular flexibility index (Phi) is 6.16. The molecule has 106 valence electrons. The zero-order chi connectivity index (χ0) is 15.0. The van der Waals surface area contributed by atoms with Crippen LogP contribution in [-0.2, 0) is 23.9 Å². The van der Waals surface area contributed by atoms with E-state index in [-0.39, 0.29) is 12.2 Å². The van der Waals surface area contributed by atoms with E-state index in [4.69, 9.17) is 0 Å². The minimum absolute atomic E-state index is 0.275. The van der Waals surface area contributed by atoms with Crippen LogP contribution in [0, 0.1) is 5.92 Å². The molecule has 0 atom stereocenters. The number of methoxy groups -OCH3 is 2. The lowest BCUT2D eigenvalue weighted by Crippen LogP contribution is -2.28. The van der Waals surface area contributed by atoms with Gasteiger partial charge in [0.05, 0.1) is 14.2 Å². The standard InChI is InChI=1S/C15H16O5/c1-19-14(17)13(15(18)20-2)10-12(16)9-8-11-6-4-3-5-7-11/h3-9,13H,10H2,1-2H3/b9-8+. The lowest BCUT2D eigenvalue weighted by Gasteiger charge is -2.10. The summed E-state index contributed by atoms with van der Waals surface area (Å²) >= 11 is 0.